The molecule has 4 rings (SSSR count). The first kappa shape index (κ1) is 20.0. The van der Waals surface area contributed by atoms with Gasteiger partial charge in [-0.15, -0.1) is 0 Å². The molecular formula is C21H13ClF4N4. The molecule has 0 bridgehead atoms. The fourth-order valence-electron chi connectivity index (χ4n) is 2.95. The van der Waals surface area contributed by atoms with Crippen molar-refractivity contribution >= 4 is 34.0 Å². The number of hydrogen-bond donors (Lipinski definition) is 1. The first-order chi connectivity index (χ1) is 14.3. The fraction of sp³-hybridized carbons (Fsp3) is 0.0952. The molecule has 2 heterocycles. The third-order valence-corrected chi connectivity index (χ3v) is 4.56. The number of aromatic nitrogens is 3. The molecule has 0 aliphatic heterocycles. The van der Waals surface area contributed by atoms with E-state index in [1.54, 1.807) is 24.5 Å². The molecule has 152 valence electrons. The van der Waals surface area contributed by atoms with Crippen molar-refractivity contribution in [2.75, 3.05) is 5.32 Å². The highest BCUT2D eigenvalue weighted by molar-refractivity contribution is 6.31. The second-order valence-corrected chi connectivity index (χ2v) is 6.94. The Hall–Kier alpha value is -3.26. The monoisotopic (exact) mass is 432 g/mol. The van der Waals surface area contributed by atoms with Gasteiger partial charge < -0.3 is 5.32 Å². The van der Waals surface area contributed by atoms with Crippen molar-refractivity contribution < 1.29 is 17.6 Å². The molecule has 1 N–H and O–H groups in total. The number of pyridine rings is 1. The predicted molar refractivity (Wildman–Crippen MR) is 107 cm³/mol. The van der Waals surface area contributed by atoms with Crippen LogP contribution in [-0.2, 0) is 6.42 Å². The molecular weight excluding hydrogens is 420 g/mol. The minimum Gasteiger partial charge on any atom is -0.340 e. The van der Waals surface area contributed by atoms with E-state index in [4.69, 9.17) is 11.6 Å². The highest BCUT2D eigenvalue weighted by Gasteiger charge is 2.28. The third kappa shape index (κ3) is 4.49. The van der Waals surface area contributed by atoms with Crippen molar-refractivity contribution in [1.82, 2.24) is 15.0 Å². The minimum atomic E-state index is -4.34. The Bertz CT molecular complexity index is 1210. The summed E-state index contributed by atoms with van der Waals surface area (Å²) in [7, 11) is 0. The van der Waals surface area contributed by atoms with Gasteiger partial charge in [0, 0.05) is 29.0 Å². The maximum absolute atomic E-state index is 13.5. The topological polar surface area (TPSA) is 50.7 Å². The predicted octanol–water partition coefficient (Wildman–Crippen LogP) is 6.33. The van der Waals surface area contributed by atoms with E-state index in [9.17, 15) is 17.6 Å². The number of nitrogens with zero attached hydrogens (tertiary/aromatic N) is 3. The second-order valence-electron chi connectivity index (χ2n) is 6.53. The van der Waals surface area contributed by atoms with Gasteiger partial charge in [-0.2, -0.15) is 13.2 Å². The lowest BCUT2D eigenvalue weighted by atomic mass is 10.1. The van der Waals surface area contributed by atoms with Crippen molar-refractivity contribution in [1.29, 1.82) is 0 Å². The zero-order chi connectivity index (χ0) is 21.3. The fourth-order valence-corrected chi connectivity index (χ4v) is 3.13. The van der Waals surface area contributed by atoms with E-state index in [2.05, 4.69) is 20.3 Å². The molecule has 0 saturated carbocycles. The van der Waals surface area contributed by atoms with Gasteiger partial charge in [0.2, 0.25) is 0 Å². The van der Waals surface area contributed by atoms with Gasteiger partial charge in [-0.05, 0) is 48.0 Å². The van der Waals surface area contributed by atoms with Gasteiger partial charge in [0.05, 0.1) is 17.0 Å². The van der Waals surface area contributed by atoms with Gasteiger partial charge in [0.15, 0.2) is 5.82 Å². The molecule has 0 radical (unpaired) electrons. The van der Waals surface area contributed by atoms with Crippen LogP contribution in [0.1, 0.15) is 5.56 Å². The van der Waals surface area contributed by atoms with E-state index in [1.807, 2.05) is 0 Å². The minimum absolute atomic E-state index is 0.0768. The quantitative estimate of drug-likeness (QED) is 0.383. The van der Waals surface area contributed by atoms with Gasteiger partial charge >= 0.3 is 6.18 Å². The summed E-state index contributed by atoms with van der Waals surface area (Å²) in [6.07, 6.45) is -2.23. The zero-order valence-electron chi connectivity index (χ0n) is 15.2. The first-order valence-electron chi connectivity index (χ1n) is 8.78. The summed E-state index contributed by atoms with van der Waals surface area (Å²) >= 11 is 5.84. The normalized spacial score (nSPS) is 11.6. The summed E-state index contributed by atoms with van der Waals surface area (Å²) in [6.45, 7) is 0. The highest BCUT2D eigenvalue weighted by atomic mass is 35.5. The Kier molecular flexibility index (Phi) is 5.26. The van der Waals surface area contributed by atoms with Crippen LogP contribution in [0.25, 0.3) is 22.3 Å². The largest absolute Gasteiger partial charge is 0.393 e. The molecule has 0 atom stereocenters. The van der Waals surface area contributed by atoms with Crippen LogP contribution >= 0.6 is 11.6 Å². The number of nitrogens with one attached hydrogen (secondary N) is 1. The second kappa shape index (κ2) is 7.87. The van der Waals surface area contributed by atoms with Gasteiger partial charge in [-0.1, -0.05) is 17.7 Å². The number of hydrogen-bond acceptors (Lipinski definition) is 4. The Labute approximate surface area is 173 Å². The Morgan fingerprint density at radius 2 is 1.83 bits per heavy atom. The van der Waals surface area contributed by atoms with Crippen LogP contribution in [-0.4, -0.2) is 21.1 Å². The lowest BCUT2D eigenvalue weighted by molar-refractivity contribution is -0.127. The van der Waals surface area contributed by atoms with Crippen LogP contribution in [0.4, 0.5) is 29.1 Å². The van der Waals surface area contributed by atoms with Gasteiger partial charge in [0.1, 0.15) is 11.6 Å². The summed E-state index contributed by atoms with van der Waals surface area (Å²) < 4.78 is 52.0. The van der Waals surface area contributed by atoms with Crippen LogP contribution in [0.2, 0.25) is 5.02 Å². The van der Waals surface area contributed by atoms with Crippen molar-refractivity contribution in [3.63, 3.8) is 0 Å². The molecule has 9 heteroatoms. The summed E-state index contributed by atoms with van der Waals surface area (Å²) in [5.41, 5.74) is 1.59. The van der Waals surface area contributed by atoms with Crippen molar-refractivity contribution in [2.45, 2.75) is 12.6 Å². The van der Waals surface area contributed by atoms with Crippen LogP contribution < -0.4 is 5.32 Å². The molecule has 0 unspecified atom stereocenters. The molecule has 0 aliphatic carbocycles. The summed E-state index contributed by atoms with van der Waals surface area (Å²) in [5, 5.41) is 3.31. The van der Waals surface area contributed by atoms with Gasteiger partial charge in [-0.25, -0.2) is 14.4 Å². The Morgan fingerprint density at radius 1 is 1.00 bits per heavy atom. The standard InChI is InChI=1S/C21H13ClF4N4/c22-16-9-14(4-5-17(16)23)28-20-15-8-12(10-21(24,25)26)3-6-18(15)29-19(30-20)13-2-1-7-27-11-13/h1-9,11H,10H2,(H,28,29,30). The smallest absolute Gasteiger partial charge is 0.340 e. The molecule has 4 nitrogen and oxygen atoms in total. The Morgan fingerprint density at radius 3 is 2.53 bits per heavy atom. The SMILES string of the molecule is Fc1ccc(Nc2nc(-c3cccnc3)nc3ccc(CC(F)(F)F)cc23)cc1Cl. The average Bonchev–Trinajstić information content (AvgIpc) is 2.70. The molecule has 2 aromatic heterocycles. The van der Waals surface area contributed by atoms with E-state index in [0.29, 0.717) is 28.0 Å². The molecule has 2 aromatic carbocycles. The molecule has 0 saturated heterocycles. The van der Waals surface area contributed by atoms with Crippen LogP contribution in [0.3, 0.4) is 0 Å². The van der Waals surface area contributed by atoms with Crippen LogP contribution in [0.15, 0.2) is 60.9 Å². The number of fused-ring (bicyclic) bond motifs is 1. The van der Waals surface area contributed by atoms with E-state index in [-0.39, 0.29) is 16.4 Å². The number of alkyl halides is 3. The molecule has 0 amide bonds. The molecule has 0 aliphatic rings. The van der Waals surface area contributed by atoms with Crippen molar-refractivity contribution in [3.05, 3.63) is 77.3 Å². The maximum Gasteiger partial charge on any atom is 0.393 e. The van der Waals surface area contributed by atoms with Crippen LogP contribution in [0.5, 0.6) is 0 Å². The number of benzene rings is 2. The molecule has 4 aromatic rings. The van der Waals surface area contributed by atoms with E-state index >= 15 is 0 Å². The maximum atomic E-state index is 13.5. The molecule has 30 heavy (non-hydrogen) atoms. The molecule has 0 spiro atoms. The number of rotatable bonds is 4. The lowest BCUT2D eigenvalue weighted by Crippen LogP contribution is -2.11. The molecule has 0 fully saturated rings. The van der Waals surface area contributed by atoms with Crippen LogP contribution in [0, 0.1) is 5.82 Å². The highest BCUT2D eigenvalue weighted by Crippen LogP contribution is 2.31. The lowest BCUT2D eigenvalue weighted by Gasteiger charge is -2.13. The van der Waals surface area contributed by atoms with E-state index in [1.165, 1.54) is 36.4 Å². The zero-order valence-corrected chi connectivity index (χ0v) is 16.0. The summed E-state index contributed by atoms with van der Waals surface area (Å²) in [6, 6.07) is 11.8. The van der Waals surface area contributed by atoms with Gasteiger partial charge in [-0.3, -0.25) is 4.98 Å². The first-order valence-corrected chi connectivity index (χ1v) is 9.16. The summed E-state index contributed by atoms with van der Waals surface area (Å²) in [5.74, 6) is 0.0266. The van der Waals surface area contributed by atoms with E-state index < -0.39 is 18.4 Å². The number of halogens is 5. The van der Waals surface area contributed by atoms with E-state index in [0.717, 1.165) is 0 Å². The Balaban J connectivity index is 1.85. The van der Waals surface area contributed by atoms with Gasteiger partial charge in [0.25, 0.3) is 0 Å². The van der Waals surface area contributed by atoms with Crippen molar-refractivity contribution in [2.24, 2.45) is 0 Å². The number of anilines is 2. The summed E-state index contributed by atoms with van der Waals surface area (Å²) in [4.78, 5) is 13.0. The third-order valence-electron chi connectivity index (χ3n) is 4.27. The van der Waals surface area contributed by atoms with Crippen molar-refractivity contribution in [3.8, 4) is 11.4 Å². The average molecular weight is 433 g/mol.